The van der Waals surface area contributed by atoms with E-state index in [9.17, 15) is 5.11 Å². The second kappa shape index (κ2) is 7.04. The highest BCUT2D eigenvalue weighted by molar-refractivity contribution is 14.1. The molecule has 2 rings (SSSR count). The van der Waals surface area contributed by atoms with Gasteiger partial charge in [0.15, 0.2) is 0 Å². The zero-order chi connectivity index (χ0) is 14.7. The van der Waals surface area contributed by atoms with Crippen LogP contribution >= 0.6 is 38.5 Å². The maximum absolute atomic E-state index is 10.5. The molecule has 1 aromatic heterocycles. The van der Waals surface area contributed by atoms with Crippen molar-refractivity contribution in [3.05, 3.63) is 49.3 Å². The minimum absolute atomic E-state index is 0.507. The lowest BCUT2D eigenvalue weighted by Crippen LogP contribution is -2.09. The number of rotatable bonds is 5. The number of nitrogens with zero attached hydrogens (tertiary/aromatic N) is 2. The highest BCUT2D eigenvalue weighted by Gasteiger charge is 2.18. The second-order valence-electron chi connectivity index (χ2n) is 4.65. The van der Waals surface area contributed by atoms with Crippen LogP contribution in [0.5, 0.6) is 0 Å². The molecule has 20 heavy (non-hydrogen) atoms. The molecule has 0 saturated carbocycles. The van der Waals surface area contributed by atoms with E-state index in [0.29, 0.717) is 6.42 Å². The van der Waals surface area contributed by atoms with Crippen LogP contribution in [-0.4, -0.2) is 14.9 Å². The average molecular weight is 449 g/mol. The Morgan fingerprint density at radius 3 is 2.75 bits per heavy atom. The monoisotopic (exact) mass is 448 g/mol. The smallest absolute Gasteiger partial charge is 0.0846 e. The van der Waals surface area contributed by atoms with Crippen molar-refractivity contribution in [1.82, 2.24) is 9.78 Å². The molecular formula is C15H18BrIN2O. The third-order valence-corrected chi connectivity index (χ3v) is 4.90. The first-order chi connectivity index (χ1) is 9.56. The third kappa shape index (κ3) is 3.43. The summed E-state index contributed by atoms with van der Waals surface area (Å²) in [5.41, 5.74) is 3.07. The number of aryl methyl sites for hydroxylation is 2. The fraction of sp³-hybridized carbons (Fsp3) is 0.400. The number of aliphatic hydroxyl groups is 1. The van der Waals surface area contributed by atoms with Gasteiger partial charge in [-0.25, -0.2) is 0 Å². The summed E-state index contributed by atoms with van der Waals surface area (Å²) in [5, 5.41) is 15.0. The molecule has 108 valence electrons. The van der Waals surface area contributed by atoms with E-state index in [2.05, 4.69) is 57.5 Å². The molecule has 0 bridgehead atoms. The third-order valence-electron chi connectivity index (χ3n) is 3.31. The Hall–Kier alpha value is -0.400. The molecule has 3 nitrogen and oxygen atoms in total. The molecule has 1 heterocycles. The van der Waals surface area contributed by atoms with Crippen molar-refractivity contribution in [2.75, 3.05) is 0 Å². The average Bonchev–Trinajstić information content (AvgIpc) is 2.75. The van der Waals surface area contributed by atoms with Crippen LogP contribution in [0.4, 0.5) is 0 Å². The van der Waals surface area contributed by atoms with E-state index in [-0.39, 0.29) is 0 Å². The van der Waals surface area contributed by atoms with Gasteiger partial charge in [0.2, 0.25) is 0 Å². The van der Waals surface area contributed by atoms with Gasteiger partial charge in [0, 0.05) is 16.5 Å². The van der Waals surface area contributed by atoms with E-state index < -0.39 is 6.10 Å². The Morgan fingerprint density at radius 1 is 1.40 bits per heavy atom. The Kier molecular flexibility index (Phi) is 5.63. The lowest BCUT2D eigenvalue weighted by Gasteiger charge is -2.13. The standard InChI is InChI=1S/C15H18BrIN2O/c1-3-12-15(16)13(19(4-2)18-12)9-14(20)10-6-5-7-11(17)8-10/h5-8,14,20H,3-4,9H2,1-2H3. The van der Waals surface area contributed by atoms with Gasteiger partial charge in [-0.1, -0.05) is 19.1 Å². The minimum atomic E-state index is -0.507. The predicted octanol–water partition coefficient (Wildman–Crippen LogP) is 4.11. The minimum Gasteiger partial charge on any atom is -0.388 e. The normalized spacial score (nSPS) is 12.7. The lowest BCUT2D eigenvalue weighted by molar-refractivity contribution is 0.175. The molecule has 0 fully saturated rings. The van der Waals surface area contributed by atoms with Gasteiger partial charge in [0.1, 0.15) is 0 Å². The molecule has 5 heteroatoms. The number of aliphatic hydroxyl groups excluding tert-OH is 1. The van der Waals surface area contributed by atoms with Gasteiger partial charge in [-0.15, -0.1) is 0 Å². The second-order valence-corrected chi connectivity index (χ2v) is 6.69. The molecule has 0 spiro atoms. The summed E-state index contributed by atoms with van der Waals surface area (Å²) in [5.74, 6) is 0. The van der Waals surface area contributed by atoms with E-state index in [1.165, 1.54) is 0 Å². The molecule has 0 amide bonds. The molecule has 0 aliphatic carbocycles. The molecule has 0 aliphatic rings. The van der Waals surface area contributed by atoms with Crippen molar-refractivity contribution in [2.24, 2.45) is 0 Å². The maximum Gasteiger partial charge on any atom is 0.0846 e. The first kappa shape index (κ1) is 16.0. The Bertz CT molecular complexity index is 598. The zero-order valence-electron chi connectivity index (χ0n) is 11.6. The van der Waals surface area contributed by atoms with Gasteiger partial charge in [0.25, 0.3) is 0 Å². The van der Waals surface area contributed by atoms with Gasteiger partial charge in [-0.3, -0.25) is 4.68 Å². The zero-order valence-corrected chi connectivity index (χ0v) is 15.3. The molecule has 0 saturated heterocycles. The summed E-state index contributed by atoms with van der Waals surface area (Å²) >= 11 is 5.89. The molecule has 1 aromatic carbocycles. The number of benzene rings is 1. The van der Waals surface area contributed by atoms with Crippen molar-refractivity contribution < 1.29 is 5.11 Å². The summed E-state index contributed by atoms with van der Waals surface area (Å²) in [7, 11) is 0. The SMILES string of the molecule is CCc1nn(CC)c(CC(O)c2cccc(I)c2)c1Br. The van der Waals surface area contributed by atoms with Gasteiger partial charge in [0.05, 0.1) is 22.0 Å². The lowest BCUT2D eigenvalue weighted by atomic mass is 10.0. The van der Waals surface area contributed by atoms with Gasteiger partial charge in [-0.2, -0.15) is 5.10 Å². The van der Waals surface area contributed by atoms with E-state index in [1.807, 2.05) is 28.9 Å². The molecule has 1 atom stereocenters. The molecule has 0 radical (unpaired) electrons. The fourth-order valence-corrected chi connectivity index (χ4v) is 3.52. The predicted molar refractivity (Wildman–Crippen MR) is 92.8 cm³/mol. The summed E-state index contributed by atoms with van der Waals surface area (Å²) in [6, 6.07) is 7.99. The summed E-state index contributed by atoms with van der Waals surface area (Å²) in [4.78, 5) is 0. The Balaban J connectivity index is 2.27. The first-order valence-electron chi connectivity index (χ1n) is 6.74. The van der Waals surface area contributed by atoms with Crippen molar-refractivity contribution in [3.8, 4) is 0 Å². The van der Waals surface area contributed by atoms with Crippen molar-refractivity contribution in [3.63, 3.8) is 0 Å². The highest BCUT2D eigenvalue weighted by Crippen LogP contribution is 2.27. The molecule has 2 aromatic rings. The quantitative estimate of drug-likeness (QED) is 0.699. The number of hydrogen-bond acceptors (Lipinski definition) is 2. The van der Waals surface area contributed by atoms with E-state index in [4.69, 9.17) is 0 Å². The van der Waals surface area contributed by atoms with Crippen LogP contribution in [0.15, 0.2) is 28.7 Å². The number of halogens is 2. The molecule has 1 N–H and O–H groups in total. The van der Waals surface area contributed by atoms with Crippen LogP contribution in [0.3, 0.4) is 0 Å². The van der Waals surface area contributed by atoms with Crippen LogP contribution < -0.4 is 0 Å². The van der Waals surface area contributed by atoms with Crippen LogP contribution in [-0.2, 0) is 19.4 Å². The van der Waals surface area contributed by atoms with Crippen LogP contribution in [0.2, 0.25) is 0 Å². The van der Waals surface area contributed by atoms with Crippen molar-refractivity contribution in [1.29, 1.82) is 0 Å². The largest absolute Gasteiger partial charge is 0.388 e. The topological polar surface area (TPSA) is 38.0 Å². The van der Waals surface area contributed by atoms with Gasteiger partial charge >= 0.3 is 0 Å². The van der Waals surface area contributed by atoms with Crippen molar-refractivity contribution in [2.45, 2.75) is 39.3 Å². The van der Waals surface area contributed by atoms with Crippen LogP contribution in [0.25, 0.3) is 0 Å². The van der Waals surface area contributed by atoms with E-state index >= 15 is 0 Å². The van der Waals surface area contributed by atoms with Crippen molar-refractivity contribution >= 4 is 38.5 Å². The first-order valence-corrected chi connectivity index (χ1v) is 8.61. The summed E-state index contributed by atoms with van der Waals surface area (Å²) < 4.78 is 4.14. The van der Waals surface area contributed by atoms with Crippen LogP contribution in [0.1, 0.15) is 36.9 Å². The Morgan fingerprint density at radius 2 is 2.15 bits per heavy atom. The maximum atomic E-state index is 10.5. The number of hydrogen-bond donors (Lipinski definition) is 1. The molecular weight excluding hydrogens is 431 g/mol. The van der Waals surface area contributed by atoms with Gasteiger partial charge in [-0.05, 0) is 69.6 Å². The highest BCUT2D eigenvalue weighted by atomic mass is 127. The summed E-state index contributed by atoms with van der Waals surface area (Å²) in [6.45, 7) is 4.97. The van der Waals surface area contributed by atoms with Gasteiger partial charge < -0.3 is 5.11 Å². The number of aromatic nitrogens is 2. The van der Waals surface area contributed by atoms with E-state index in [1.54, 1.807) is 0 Å². The Labute approximate surface area is 141 Å². The fourth-order valence-electron chi connectivity index (χ4n) is 2.23. The van der Waals surface area contributed by atoms with Crippen LogP contribution in [0, 0.1) is 3.57 Å². The van der Waals surface area contributed by atoms with E-state index in [0.717, 1.165) is 38.0 Å². The molecule has 1 unspecified atom stereocenters. The molecule has 0 aliphatic heterocycles. The summed E-state index contributed by atoms with van der Waals surface area (Å²) in [6.07, 6.45) is 0.953.